The molecule has 144 valence electrons. The van der Waals surface area contributed by atoms with E-state index in [0.29, 0.717) is 29.1 Å². The van der Waals surface area contributed by atoms with Gasteiger partial charge in [-0.15, -0.1) is 0 Å². The van der Waals surface area contributed by atoms with Crippen LogP contribution in [0.3, 0.4) is 0 Å². The molecule has 0 saturated heterocycles. The number of aldehydes is 1. The van der Waals surface area contributed by atoms with E-state index in [9.17, 15) is 9.90 Å². The SMILES string of the molecule is Cc1c(O)cc(OC(C)(C)C(C)(C)Br)cc1O/C(=C\C=O)c1ccccc1. The number of carbonyl (C=O) groups excluding carboxylic acids is 1. The van der Waals surface area contributed by atoms with E-state index in [-0.39, 0.29) is 10.1 Å². The summed E-state index contributed by atoms with van der Waals surface area (Å²) in [5, 5.41) is 10.3. The largest absolute Gasteiger partial charge is 0.507 e. The van der Waals surface area contributed by atoms with Crippen LogP contribution >= 0.6 is 15.9 Å². The van der Waals surface area contributed by atoms with Crippen LogP contribution in [-0.2, 0) is 4.79 Å². The number of phenols is 1. The number of ether oxygens (including phenoxy) is 2. The van der Waals surface area contributed by atoms with Crippen LogP contribution in [0.25, 0.3) is 5.76 Å². The smallest absolute Gasteiger partial charge is 0.146 e. The highest BCUT2D eigenvalue weighted by molar-refractivity contribution is 9.10. The van der Waals surface area contributed by atoms with Gasteiger partial charge in [-0.3, -0.25) is 4.79 Å². The molecule has 5 heteroatoms. The molecule has 0 amide bonds. The first-order valence-electron chi connectivity index (χ1n) is 8.65. The molecule has 0 saturated carbocycles. The van der Waals surface area contributed by atoms with Gasteiger partial charge in [0.15, 0.2) is 0 Å². The quantitative estimate of drug-likeness (QED) is 0.265. The van der Waals surface area contributed by atoms with Crippen molar-refractivity contribution < 1.29 is 19.4 Å². The summed E-state index contributed by atoms with van der Waals surface area (Å²) in [6, 6.07) is 12.6. The molecule has 0 spiro atoms. The molecule has 0 radical (unpaired) electrons. The third-order valence-electron chi connectivity index (χ3n) is 4.61. The summed E-state index contributed by atoms with van der Waals surface area (Å²) in [7, 11) is 0. The molecule has 1 N–H and O–H groups in total. The molecule has 2 aromatic rings. The Morgan fingerprint density at radius 3 is 2.30 bits per heavy atom. The lowest BCUT2D eigenvalue weighted by atomic mass is 9.94. The fourth-order valence-corrected chi connectivity index (χ4v) is 2.28. The minimum atomic E-state index is -0.549. The van der Waals surface area contributed by atoms with Gasteiger partial charge in [0.05, 0.1) is 4.32 Å². The van der Waals surface area contributed by atoms with Gasteiger partial charge in [-0.1, -0.05) is 46.3 Å². The van der Waals surface area contributed by atoms with Crippen molar-refractivity contribution in [2.75, 3.05) is 0 Å². The van der Waals surface area contributed by atoms with E-state index in [1.54, 1.807) is 19.1 Å². The maximum Gasteiger partial charge on any atom is 0.146 e. The highest BCUT2D eigenvalue weighted by Gasteiger charge is 2.37. The number of alkyl halides is 1. The van der Waals surface area contributed by atoms with Crippen molar-refractivity contribution in [3.8, 4) is 17.2 Å². The zero-order chi connectivity index (χ0) is 20.2. The lowest BCUT2D eigenvalue weighted by Crippen LogP contribution is -2.45. The van der Waals surface area contributed by atoms with Crippen LogP contribution in [0.1, 0.15) is 38.8 Å². The summed E-state index contributed by atoms with van der Waals surface area (Å²) in [5.74, 6) is 1.35. The first-order chi connectivity index (χ1) is 12.5. The number of phenolic OH excluding ortho intramolecular Hbond substituents is 1. The van der Waals surface area contributed by atoms with Gasteiger partial charge in [-0.25, -0.2) is 0 Å². The van der Waals surface area contributed by atoms with Crippen LogP contribution in [0.5, 0.6) is 17.2 Å². The average Bonchev–Trinajstić information content (AvgIpc) is 2.58. The summed E-state index contributed by atoms with van der Waals surface area (Å²) < 4.78 is 11.8. The maximum atomic E-state index is 11.1. The maximum absolute atomic E-state index is 11.1. The second kappa shape index (κ2) is 8.17. The lowest BCUT2D eigenvalue weighted by molar-refractivity contribution is -0.104. The average molecular weight is 433 g/mol. The summed E-state index contributed by atoms with van der Waals surface area (Å²) in [6.45, 7) is 9.69. The number of rotatable bonds is 7. The number of halogens is 1. The van der Waals surface area contributed by atoms with E-state index >= 15 is 0 Å². The fraction of sp³-hybridized carbons (Fsp3) is 0.318. The van der Waals surface area contributed by atoms with Gasteiger partial charge in [0.2, 0.25) is 0 Å². The number of allylic oxidation sites excluding steroid dienone is 1. The Hall–Kier alpha value is -2.27. The Labute approximate surface area is 168 Å². The van der Waals surface area contributed by atoms with Crippen LogP contribution in [0.15, 0.2) is 48.5 Å². The summed E-state index contributed by atoms with van der Waals surface area (Å²) in [4.78, 5) is 11.1. The molecular formula is C22H25BrO4. The van der Waals surface area contributed by atoms with Crippen LogP contribution in [0.2, 0.25) is 0 Å². The van der Waals surface area contributed by atoms with Crippen LogP contribution < -0.4 is 9.47 Å². The Morgan fingerprint density at radius 2 is 1.74 bits per heavy atom. The monoisotopic (exact) mass is 432 g/mol. The standard InChI is InChI=1S/C22H25BrO4/c1-15-18(25)13-17(27-22(4,5)21(2,3)23)14-20(15)26-19(11-12-24)16-9-7-6-8-10-16/h6-14,25H,1-5H3/b19-11-. The van der Waals surface area contributed by atoms with E-state index in [4.69, 9.17) is 9.47 Å². The van der Waals surface area contributed by atoms with E-state index in [1.807, 2.05) is 58.0 Å². The van der Waals surface area contributed by atoms with E-state index in [0.717, 1.165) is 5.56 Å². The Morgan fingerprint density at radius 1 is 1.11 bits per heavy atom. The summed E-state index contributed by atoms with van der Waals surface area (Å²) in [5.41, 5.74) is 0.773. The number of hydrogen-bond acceptors (Lipinski definition) is 4. The van der Waals surface area contributed by atoms with Gasteiger partial charge in [0.25, 0.3) is 0 Å². The topological polar surface area (TPSA) is 55.8 Å². The first-order valence-corrected chi connectivity index (χ1v) is 9.45. The molecule has 0 aliphatic carbocycles. The summed E-state index contributed by atoms with van der Waals surface area (Å²) in [6.07, 6.45) is 2.03. The molecule has 0 aromatic heterocycles. The third-order valence-corrected chi connectivity index (χ3v) is 5.56. The number of carbonyl (C=O) groups is 1. The minimum Gasteiger partial charge on any atom is -0.507 e. The number of aromatic hydroxyl groups is 1. The molecule has 0 aliphatic rings. The Kier molecular flexibility index (Phi) is 6.37. The van der Waals surface area contributed by atoms with Crippen molar-refractivity contribution in [1.82, 2.24) is 0 Å². The van der Waals surface area contributed by atoms with Crippen molar-refractivity contribution in [2.24, 2.45) is 0 Å². The van der Waals surface area contributed by atoms with Gasteiger partial charge in [-0.2, -0.15) is 0 Å². The zero-order valence-corrected chi connectivity index (χ0v) is 17.8. The van der Waals surface area contributed by atoms with Crippen LogP contribution in [0, 0.1) is 6.92 Å². The molecule has 0 heterocycles. The van der Waals surface area contributed by atoms with Crippen molar-refractivity contribution >= 4 is 28.0 Å². The number of benzene rings is 2. The molecule has 0 aliphatic heterocycles. The van der Waals surface area contributed by atoms with Crippen LogP contribution in [0.4, 0.5) is 0 Å². The minimum absolute atomic E-state index is 0.0594. The molecule has 4 nitrogen and oxygen atoms in total. The molecule has 0 fully saturated rings. The Balaban J connectivity index is 2.41. The van der Waals surface area contributed by atoms with E-state index in [2.05, 4.69) is 15.9 Å². The van der Waals surface area contributed by atoms with Crippen molar-refractivity contribution in [1.29, 1.82) is 0 Å². The Bertz CT molecular complexity index is 833. The van der Waals surface area contributed by atoms with Crippen molar-refractivity contribution in [3.63, 3.8) is 0 Å². The molecule has 0 bridgehead atoms. The molecule has 0 unspecified atom stereocenters. The van der Waals surface area contributed by atoms with Gasteiger partial charge in [0, 0.05) is 29.3 Å². The second-order valence-corrected chi connectivity index (χ2v) is 9.27. The highest BCUT2D eigenvalue weighted by atomic mass is 79.9. The second-order valence-electron chi connectivity index (χ2n) is 7.29. The molecule has 2 rings (SSSR count). The van der Waals surface area contributed by atoms with Gasteiger partial charge in [-0.05, 0) is 34.6 Å². The molecular weight excluding hydrogens is 408 g/mol. The fourth-order valence-electron chi connectivity index (χ4n) is 2.20. The van der Waals surface area contributed by atoms with Crippen molar-refractivity contribution in [2.45, 2.75) is 44.5 Å². The third kappa shape index (κ3) is 5.13. The van der Waals surface area contributed by atoms with Gasteiger partial charge >= 0.3 is 0 Å². The van der Waals surface area contributed by atoms with E-state index < -0.39 is 5.60 Å². The predicted molar refractivity (Wildman–Crippen MR) is 112 cm³/mol. The molecule has 27 heavy (non-hydrogen) atoms. The van der Waals surface area contributed by atoms with Gasteiger partial charge in [0.1, 0.15) is 34.9 Å². The van der Waals surface area contributed by atoms with Crippen molar-refractivity contribution in [3.05, 3.63) is 59.7 Å². The van der Waals surface area contributed by atoms with E-state index in [1.165, 1.54) is 6.08 Å². The normalized spacial score (nSPS) is 12.6. The number of hydrogen-bond donors (Lipinski definition) is 1. The molecule has 0 atom stereocenters. The highest BCUT2D eigenvalue weighted by Crippen LogP contribution is 2.39. The predicted octanol–water partition coefficient (Wildman–Crippen LogP) is 5.65. The zero-order valence-electron chi connectivity index (χ0n) is 16.2. The lowest BCUT2D eigenvalue weighted by Gasteiger charge is -2.37. The first kappa shape index (κ1) is 21.0. The van der Waals surface area contributed by atoms with Crippen LogP contribution in [-0.4, -0.2) is 21.3 Å². The molecule has 2 aromatic carbocycles. The summed E-state index contributed by atoms with van der Waals surface area (Å²) >= 11 is 3.63. The van der Waals surface area contributed by atoms with Gasteiger partial charge < -0.3 is 14.6 Å².